The largest absolute Gasteiger partial charge is 0.490 e. The highest BCUT2D eigenvalue weighted by atomic mass is 16.5. The number of carboxylic acids is 1. The number of benzene rings is 2. The third-order valence-corrected chi connectivity index (χ3v) is 4.41. The molecule has 2 aromatic carbocycles. The number of carboxylic acid groups (broad SMARTS) is 1. The summed E-state index contributed by atoms with van der Waals surface area (Å²) in [6, 6.07) is 15.7. The van der Waals surface area contributed by atoms with Crippen molar-refractivity contribution in [3.63, 3.8) is 0 Å². The Morgan fingerprint density at radius 3 is 2.34 bits per heavy atom. The smallest absolute Gasteiger partial charge is 0.303 e. The number of hydrogen-bond donors (Lipinski definition) is 2. The van der Waals surface area contributed by atoms with Gasteiger partial charge in [0, 0.05) is 13.0 Å². The summed E-state index contributed by atoms with van der Waals surface area (Å²) in [7, 11) is 0. The van der Waals surface area contributed by atoms with Gasteiger partial charge in [0.1, 0.15) is 24.7 Å². The summed E-state index contributed by atoms with van der Waals surface area (Å²) in [6.07, 6.45) is 0.432. The number of ether oxygens (including phenoxy) is 2. The fraction of sp³-hybridized carbons (Fsp3) is 0.391. The van der Waals surface area contributed by atoms with E-state index in [9.17, 15) is 9.59 Å². The van der Waals surface area contributed by atoms with Crippen LogP contribution in [0.5, 0.6) is 11.5 Å². The molecule has 6 heteroatoms. The Hall–Kier alpha value is -3.02. The van der Waals surface area contributed by atoms with Crippen LogP contribution in [0.4, 0.5) is 0 Å². The van der Waals surface area contributed by atoms with Crippen molar-refractivity contribution in [3.05, 3.63) is 59.7 Å². The number of rotatable bonds is 12. The molecular weight excluding hydrogens is 370 g/mol. The number of amides is 1. The molecule has 0 aliphatic heterocycles. The molecule has 1 amide bonds. The van der Waals surface area contributed by atoms with Gasteiger partial charge in [0.05, 0.1) is 6.42 Å². The van der Waals surface area contributed by atoms with E-state index in [1.165, 1.54) is 5.56 Å². The maximum Gasteiger partial charge on any atom is 0.303 e. The first kappa shape index (κ1) is 22.3. The molecule has 0 fully saturated rings. The van der Waals surface area contributed by atoms with Gasteiger partial charge in [-0.3, -0.25) is 9.59 Å². The van der Waals surface area contributed by atoms with Crippen LogP contribution in [-0.2, 0) is 16.0 Å². The van der Waals surface area contributed by atoms with Crippen molar-refractivity contribution in [2.75, 3.05) is 19.8 Å². The molecule has 0 saturated carbocycles. The van der Waals surface area contributed by atoms with Gasteiger partial charge in [-0.05, 0) is 41.7 Å². The number of nitrogens with one attached hydrogen (secondary N) is 1. The molecule has 0 radical (unpaired) electrons. The van der Waals surface area contributed by atoms with E-state index in [-0.39, 0.29) is 18.7 Å². The van der Waals surface area contributed by atoms with Crippen LogP contribution in [0, 0.1) is 0 Å². The van der Waals surface area contributed by atoms with Gasteiger partial charge in [-0.15, -0.1) is 0 Å². The second-order valence-corrected chi connectivity index (χ2v) is 7.02. The van der Waals surface area contributed by atoms with E-state index in [1.807, 2.05) is 36.4 Å². The van der Waals surface area contributed by atoms with E-state index in [0.29, 0.717) is 32.1 Å². The molecule has 0 unspecified atom stereocenters. The highest BCUT2D eigenvalue weighted by molar-refractivity contribution is 5.80. The molecule has 0 saturated heterocycles. The summed E-state index contributed by atoms with van der Waals surface area (Å²) < 4.78 is 11.6. The Morgan fingerprint density at radius 2 is 1.66 bits per heavy atom. The number of para-hydroxylation sites is 1. The van der Waals surface area contributed by atoms with Crippen LogP contribution in [0.3, 0.4) is 0 Å². The molecule has 0 aromatic heterocycles. The predicted octanol–water partition coefficient (Wildman–Crippen LogP) is 3.79. The fourth-order valence-corrected chi connectivity index (χ4v) is 2.76. The molecule has 0 bridgehead atoms. The van der Waals surface area contributed by atoms with Crippen LogP contribution < -0.4 is 14.8 Å². The van der Waals surface area contributed by atoms with Gasteiger partial charge in [-0.2, -0.15) is 0 Å². The van der Waals surface area contributed by atoms with Crippen molar-refractivity contribution < 1.29 is 24.2 Å². The van der Waals surface area contributed by atoms with E-state index in [0.717, 1.165) is 17.1 Å². The highest BCUT2D eigenvalue weighted by Crippen LogP contribution is 2.20. The molecule has 2 N–H and O–H groups in total. The molecule has 0 spiro atoms. The molecule has 156 valence electrons. The van der Waals surface area contributed by atoms with Gasteiger partial charge in [-0.25, -0.2) is 0 Å². The van der Waals surface area contributed by atoms with Crippen molar-refractivity contribution in [2.45, 2.75) is 39.0 Å². The zero-order chi connectivity index (χ0) is 21.1. The first-order valence-electron chi connectivity index (χ1n) is 9.87. The minimum atomic E-state index is -0.975. The van der Waals surface area contributed by atoms with Gasteiger partial charge in [0.2, 0.25) is 5.91 Å². The molecular formula is C23H29NO5. The lowest BCUT2D eigenvalue weighted by molar-refractivity contribution is -0.138. The van der Waals surface area contributed by atoms with Gasteiger partial charge in [-0.1, -0.05) is 44.2 Å². The summed E-state index contributed by atoms with van der Waals surface area (Å²) in [4.78, 5) is 22.1. The van der Waals surface area contributed by atoms with Crippen LogP contribution in [0.1, 0.15) is 43.7 Å². The maximum atomic E-state index is 11.6. The zero-order valence-electron chi connectivity index (χ0n) is 17.0. The quantitative estimate of drug-likeness (QED) is 0.531. The number of carbonyl (C=O) groups is 2. The Balaban J connectivity index is 1.74. The topological polar surface area (TPSA) is 84.9 Å². The van der Waals surface area contributed by atoms with Crippen LogP contribution in [0.2, 0.25) is 0 Å². The summed E-state index contributed by atoms with van der Waals surface area (Å²) in [5.74, 6) is 0.826. The van der Waals surface area contributed by atoms with Gasteiger partial charge in [0.15, 0.2) is 0 Å². The average molecular weight is 399 g/mol. The van der Waals surface area contributed by atoms with Gasteiger partial charge in [0.25, 0.3) is 0 Å². The second-order valence-electron chi connectivity index (χ2n) is 7.02. The first-order valence-corrected chi connectivity index (χ1v) is 9.87. The lowest BCUT2D eigenvalue weighted by Gasteiger charge is -2.13. The van der Waals surface area contributed by atoms with Crippen molar-refractivity contribution in [2.24, 2.45) is 0 Å². The molecule has 0 aliphatic carbocycles. The summed E-state index contributed by atoms with van der Waals surface area (Å²) in [5, 5.41) is 11.3. The summed E-state index contributed by atoms with van der Waals surface area (Å²) in [5.41, 5.74) is 2.25. The van der Waals surface area contributed by atoms with E-state index in [4.69, 9.17) is 14.6 Å². The molecule has 0 heterocycles. The summed E-state index contributed by atoms with van der Waals surface area (Å²) >= 11 is 0. The van der Waals surface area contributed by atoms with Crippen LogP contribution in [-0.4, -0.2) is 36.7 Å². The normalized spacial score (nSPS) is 10.6. The second kappa shape index (κ2) is 11.7. The third kappa shape index (κ3) is 8.25. The Labute approximate surface area is 171 Å². The monoisotopic (exact) mass is 399 g/mol. The van der Waals surface area contributed by atoms with Gasteiger partial charge < -0.3 is 19.9 Å². The van der Waals surface area contributed by atoms with Crippen molar-refractivity contribution >= 4 is 11.9 Å². The lowest BCUT2D eigenvalue weighted by atomic mass is 10.0. The molecule has 2 aromatic rings. The van der Waals surface area contributed by atoms with Crippen molar-refractivity contribution in [3.8, 4) is 11.5 Å². The zero-order valence-corrected chi connectivity index (χ0v) is 17.0. The number of aliphatic carboxylic acids is 1. The molecule has 29 heavy (non-hydrogen) atoms. The maximum absolute atomic E-state index is 11.6. The third-order valence-electron chi connectivity index (χ3n) is 4.41. The Bertz CT molecular complexity index is 786. The minimum Gasteiger partial charge on any atom is -0.490 e. The van der Waals surface area contributed by atoms with Crippen LogP contribution in [0.15, 0.2) is 48.5 Å². The number of hydrogen-bond acceptors (Lipinski definition) is 4. The molecule has 2 rings (SSSR count). The van der Waals surface area contributed by atoms with Crippen LogP contribution >= 0.6 is 0 Å². The van der Waals surface area contributed by atoms with E-state index in [2.05, 4.69) is 31.3 Å². The minimum absolute atomic E-state index is 0.0109. The Morgan fingerprint density at radius 1 is 0.966 bits per heavy atom. The van der Waals surface area contributed by atoms with Crippen molar-refractivity contribution in [1.29, 1.82) is 0 Å². The lowest BCUT2D eigenvalue weighted by Crippen LogP contribution is -2.26. The highest BCUT2D eigenvalue weighted by Gasteiger charge is 2.07. The molecule has 0 atom stereocenters. The standard InChI is InChI=1S/C23H29NO5/c1-17(2)18-7-9-20(10-8-18)28-15-16-29-21-6-4-3-5-19(21)13-14-24-22(25)11-12-23(26)27/h3-10,17H,11-16H2,1-2H3,(H,24,25)(H,26,27). The van der Waals surface area contributed by atoms with Crippen molar-refractivity contribution in [1.82, 2.24) is 5.32 Å². The SMILES string of the molecule is CC(C)c1ccc(OCCOc2ccccc2CCNC(=O)CCC(=O)O)cc1. The molecule has 0 aliphatic rings. The summed E-state index contributed by atoms with van der Waals surface area (Å²) in [6.45, 7) is 5.58. The van der Waals surface area contributed by atoms with Crippen LogP contribution in [0.25, 0.3) is 0 Å². The van der Waals surface area contributed by atoms with E-state index >= 15 is 0 Å². The Kier molecular flexibility index (Phi) is 9.02. The first-order chi connectivity index (χ1) is 14.0. The average Bonchev–Trinajstić information content (AvgIpc) is 2.71. The molecule has 6 nitrogen and oxygen atoms in total. The fourth-order valence-electron chi connectivity index (χ4n) is 2.76. The van der Waals surface area contributed by atoms with E-state index < -0.39 is 5.97 Å². The predicted molar refractivity (Wildman–Crippen MR) is 112 cm³/mol. The number of carbonyl (C=O) groups excluding carboxylic acids is 1. The van der Waals surface area contributed by atoms with Gasteiger partial charge >= 0.3 is 5.97 Å². The van der Waals surface area contributed by atoms with E-state index in [1.54, 1.807) is 0 Å².